The van der Waals surface area contributed by atoms with Crippen LogP contribution in [0, 0.1) is 0 Å². The predicted octanol–water partition coefficient (Wildman–Crippen LogP) is 5.35. The summed E-state index contributed by atoms with van der Waals surface area (Å²) in [4.78, 5) is 14.0. The van der Waals surface area contributed by atoms with E-state index in [2.05, 4.69) is 0 Å². The van der Waals surface area contributed by atoms with Crippen LogP contribution >= 0.6 is 11.3 Å². The van der Waals surface area contributed by atoms with Crippen molar-refractivity contribution in [2.75, 3.05) is 35.5 Å². The molecule has 0 amide bonds. The lowest BCUT2D eigenvalue weighted by molar-refractivity contribution is 0.104. The highest BCUT2D eigenvalue weighted by Gasteiger charge is 2.19. The van der Waals surface area contributed by atoms with E-state index in [0.29, 0.717) is 34.3 Å². The molecule has 0 aliphatic rings. The van der Waals surface area contributed by atoms with E-state index >= 15 is 0 Å². The van der Waals surface area contributed by atoms with E-state index in [4.69, 9.17) is 23.7 Å². The topological polar surface area (TPSA) is 63.2 Å². The van der Waals surface area contributed by atoms with Crippen LogP contribution < -0.4 is 23.7 Å². The lowest BCUT2D eigenvalue weighted by Crippen LogP contribution is -2.03. The van der Waals surface area contributed by atoms with Crippen LogP contribution in [-0.2, 0) is 0 Å². The molecule has 1 aromatic heterocycles. The zero-order chi connectivity index (χ0) is 22.4. The molecule has 3 aromatic rings. The second kappa shape index (κ2) is 10.0. The maximum Gasteiger partial charge on any atom is 0.204 e. The van der Waals surface area contributed by atoms with Gasteiger partial charge in [0, 0.05) is 10.4 Å². The molecule has 0 spiro atoms. The molecule has 0 N–H and O–H groups in total. The van der Waals surface area contributed by atoms with Crippen LogP contribution in [0.25, 0.3) is 16.5 Å². The summed E-state index contributed by atoms with van der Waals surface area (Å²) in [5.41, 5.74) is 2.07. The zero-order valence-electron chi connectivity index (χ0n) is 18.1. The Morgan fingerprint density at radius 3 is 2.10 bits per heavy atom. The van der Waals surface area contributed by atoms with Gasteiger partial charge in [-0.25, -0.2) is 0 Å². The highest BCUT2D eigenvalue weighted by Crippen LogP contribution is 2.42. The largest absolute Gasteiger partial charge is 0.493 e. The lowest BCUT2D eigenvalue weighted by Gasteiger charge is -2.14. The molecule has 0 atom stereocenters. The van der Waals surface area contributed by atoms with E-state index in [1.807, 2.05) is 29.6 Å². The van der Waals surface area contributed by atoms with Crippen LogP contribution in [0.3, 0.4) is 0 Å². The number of benzene rings is 2. The van der Waals surface area contributed by atoms with E-state index in [-0.39, 0.29) is 5.78 Å². The number of methoxy groups -OCH3 is 5. The first-order chi connectivity index (χ1) is 15.1. The zero-order valence-corrected chi connectivity index (χ0v) is 18.9. The van der Waals surface area contributed by atoms with Crippen molar-refractivity contribution >= 4 is 23.2 Å². The molecule has 0 saturated carbocycles. The minimum absolute atomic E-state index is 0.231. The summed E-state index contributed by atoms with van der Waals surface area (Å²) in [6.07, 6.45) is 3.22. The Labute approximate surface area is 185 Å². The summed E-state index contributed by atoms with van der Waals surface area (Å²) < 4.78 is 27.1. The third kappa shape index (κ3) is 4.51. The molecule has 31 heavy (non-hydrogen) atoms. The summed E-state index contributed by atoms with van der Waals surface area (Å²) in [5, 5.41) is 2.00. The van der Waals surface area contributed by atoms with Crippen molar-refractivity contribution in [1.82, 2.24) is 0 Å². The van der Waals surface area contributed by atoms with Crippen LogP contribution in [0.15, 0.2) is 47.9 Å². The van der Waals surface area contributed by atoms with Gasteiger partial charge in [-0.1, -0.05) is 12.1 Å². The number of ether oxygens (including phenoxy) is 5. The maximum atomic E-state index is 12.9. The highest BCUT2D eigenvalue weighted by atomic mass is 32.1. The monoisotopic (exact) mass is 440 g/mol. The quantitative estimate of drug-likeness (QED) is 0.330. The summed E-state index contributed by atoms with van der Waals surface area (Å²) in [5.74, 6) is 2.18. The Hall–Kier alpha value is -3.45. The number of carbonyl (C=O) groups is 1. The molecular formula is C24H24O6S. The molecular weight excluding hydrogens is 416 g/mol. The minimum Gasteiger partial charge on any atom is -0.493 e. The van der Waals surface area contributed by atoms with Gasteiger partial charge in [0.15, 0.2) is 28.8 Å². The number of rotatable bonds is 9. The van der Waals surface area contributed by atoms with Gasteiger partial charge in [0.05, 0.1) is 41.1 Å². The molecule has 0 fully saturated rings. The van der Waals surface area contributed by atoms with Gasteiger partial charge in [0.2, 0.25) is 5.75 Å². The Bertz CT molecular complexity index is 1090. The normalized spacial score (nSPS) is 10.7. The SMILES string of the molecule is COc1cc(/C=C/C(=O)c2ccc(OC)c(OC)c2OC)cc(-c2cccs2)c1OC. The van der Waals surface area contributed by atoms with Gasteiger partial charge in [-0.15, -0.1) is 11.3 Å². The first-order valence-corrected chi connectivity index (χ1v) is 10.3. The molecule has 162 valence electrons. The molecule has 7 heteroatoms. The molecule has 0 bridgehead atoms. The predicted molar refractivity (Wildman–Crippen MR) is 122 cm³/mol. The molecule has 0 radical (unpaired) electrons. The van der Waals surface area contributed by atoms with Crippen molar-refractivity contribution in [3.63, 3.8) is 0 Å². The average molecular weight is 441 g/mol. The first kappa shape index (κ1) is 22.2. The van der Waals surface area contributed by atoms with Crippen molar-refractivity contribution in [2.45, 2.75) is 0 Å². The number of hydrogen-bond acceptors (Lipinski definition) is 7. The van der Waals surface area contributed by atoms with Gasteiger partial charge in [-0.05, 0) is 47.4 Å². The molecule has 0 aliphatic heterocycles. The van der Waals surface area contributed by atoms with Gasteiger partial charge in [-0.2, -0.15) is 0 Å². The summed E-state index contributed by atoms with van der Waals surface area (Å²) in [6.45, 7) is 0. The number of ketones is 1. The fourth-order valence-corrected chi connectivity index (χ4v) is 3.99. The summed E-state index contributed by atoms with van der Waals surface area (Å²) >= 11 is 1.60. The Morgan fingerprint density at radius 2 is 1.52 bits per heavy atom. The molecule has 2 aromatic carbocycles. The van der Waals surface area contributed by atoms with Gasteiger partial charge >= 0.3 is 0 Å². The van der Waals surface area contributed by atoms with Crippen LogP contribution in [0.4, 0.5) is 0 Å². The Morgan fingerprint density at radius 1 is 0.806 bits per heavy atom. The molecule has 0 unspecified atom stereocenters. The third-order valence-electron chi connectivity index (χ3n) is 4.68. The molecule has 0 aliphatic carbocycles. The Balaban J connectivity index is 2.01. The van der Waals surface area contributed by atoms with Gasteiger partial charge in [0.1, 0.15) is 0 Å². The van der Waals surface area contributed by atoms with Crippen LogP contribution in [0.5, 0.6) is 28.7 Å². The lowest BCUT2D eigenvalue weighted by atomic mass is 10.0. The number of carbonyl (C=O) groups excluding carboxylic acids is 1. The second-order valence-corrected chi connectivity index (χ2v) is 7.31. The highest BCUT2D eigenvalue weighted by molar-refractivity contribution is 7.13. The van der Waals surface area contributed by atoms with E-state index in [0.717, 1.165) is 16.0 Å². The third-order valence-corrected chi connectivity index (χ3v) is 5.59. The van der Waals surface area contributed by atoms with Crippen LogP contribution in [0.2, 0.25) is 0 Å². The number of hydrogen-bond donors (Lipinski definition) is 0. The van der Waals surface area contributed by atoms with Crippen molar-refractivity contribution in [3.05, 3.63) is 59.0 Å². The Kier molecular flexibility index (Phi) is 7.20. The molecule has 3 rings (SSSR count). The standard InChI is InChI=1S/C24H24O6S/c1-26-19-11-9-16(23(29-4)24(19)30-5)18(25)10-8-15-13-17(21-7-6-12-31-21)22(28-3)20(14-15)27-2/h6-14H,1-5H3/b10-8+. The minimum atomic E-state index is -0.231. The van der Waals surface area contributed by atoms with Crippen molar-refractivity contribution < 1.29 is 28.5 Å². The van der Waals surface area contributed by atoms with Crippen molar-refractivity contribution in [1.29, 1.82) is 0 Å². The van der Waals surface area contributed by atoms with Gasteiger partial charge in [-0.3, -0.25) is 4.79 Å². The van der Waals surface area contributed by atoms with Crippen LogP contribution in [0.1, 0.15) is 15.9 Å². The number of thiophene rings is 1. The van der Waals surface area contributed by atoms with E-state index in [1.165, 1.54) is 27.4 Å². The fourth-order valence-electron chi connectivity index (χ4n) is 3.25. The van der Waals surface area contributed by atoms with E-state index < -0.39 is 0 Å². The fraction of sp³-hybridized carbons (Fsp3) is 0.208. The van der Waals surface area contributed by atoms with Crippen molar-refractivity contribution in [3.8, 4) is 39.2 Å². The van der Waals surface area contributed by atoms with Crippen LogP contribution in [-0.4, -0.2) is 41.3 Å². The molecule has 6 nitrogen and oxygen atoms in total. The van der Waals surface area contributed by atoms with Gasteiger partial charge in [0.25, 0.3) is 0 Å². The van der Waals surface area contributed by atoms with Crippen molar-refractivity contribution in [2.24, 2.45) is 0 Å². The maximum absolute atomic E-state index is 12.9. The van der Waals surface area contributed by atoms with E-state index in [1.54, 1.807) is 43.8 Å². The average Bonchev–Trinajstić information content (AvgIpc) is 3.35. The molecule has 0 saturated heterocycles. The van der Waals surface area contributed by atoms with E-state index in [9.17, 15) is 4.79 Å². The second-order valence-electron chi connectivity index (χ2n) is 6.36. The molecule has 1 heterocycles. The first-order valence-electron chi connectivity index (χ1n) is 9.39. The number of allylic oxidation sites excluding steroid dienone is 1. The smallest absolute Gasteiger partial charge is 0.204 e. The summed E-state index contributed by atoms with van der Waals surface area (Å²) in [7, 11) is 7.71. The van der Waals surface area contributed by atoms with Gasteiger partial charge < -0.3 is 23.7 Å². The summed E-state index contributed by atoms with van der Waals surface area (Å²) in [6, 6.07) is 11.1.